The van der Waals surface area contributed by atoms with E-state index in [9.17, 15) is 24.8 Å². The normalized spacial score (nSPS) is 18.1. The molecule has 2 aliphatic heterocycles. The Hall–Kier alpha value is -4.77. The summed E-state index contributed by atoms with van der Waals surface area (Å²) in [6.07, 6.45) is 0. The van der Waals surface area contributed by atoms with Crippen molar-refractivity contribution < 1.29 is 29.1 Å². The highest BCUT2D eigenvalue weighted by atomic mass is 32.1. The van der Waals surface area contributed by atoms with Crippen LogP contribution in [-0.2, 0) is 9.59 Å². The Bertz CT molecular complexity index is 1740. The molecule has 196 valence electrons. The van der Waals surface area contributed by atoms with Gasteiger partial charge in [0, 0.05) is 17.7 Å². The zero-order valence-corrected chi connectivity index (χ0v) is 21.7. The second kappa shape index (κ2) is 9.21. The molecule has 0 saturated carbocycles. The maximum absolute atomic E-state index is 13.5. The lowest BCUT2D eigenvalue weighted by atomic mass is 9.95. The highest BCUT2D eigenvalue weighted by Crippen LogP contribution is 2.46. The molecule has 11 heteroatoms. The molecule has 39 heavy (non-hydrogen) atoms. The van der Waals surface area contributed by atoms with Crippen LogP contribution >= 0.6 is 11.3 Å². The van der Waals surface area contributed by atoms with Gasteiger partial charge in [0.05, 0.1) is 26.8 Å². The molecule has 6 rings (SSSR count). The van der Waals surface area contributed by atoms with E-state index < -0.39 is 28.4 Å². The van der Waals surface area contributed by atoms with Gasteiger partial charge in [-0.1, -0.05) is 29.5 Å². The van der Waals surface area contributed by atoms with E-state index in [1.807, 2.05) is 26.0 Å². The van der Waals surface area contributed by atoms with Crippen molar-refractivity contribution in [1.29, 1.82) is 0 Å². The number of ketones is 1. The standard InChI is InChI=1S/C28H21N3O7S/c1-14-10-15(2)23-21(11-14)39-28(29-23)30-24(16-4-3-5-18(12-16)31(35)36)22(26(33)27(30)34)25(32)17-6-7-19-20(13-17)38-9-8-37-19/h3-7,10-13,24,32H,8-9H2,1-2H3/b25-22+/t24-/m1/s1. The van der Waals surface area contributed by atoms with Crippen LogP contribution in [-0.4, -0.2) is 39.9 Å². The number of aromatic nitrogens is 1. The Labute approximate surface area is 225 Å². The molecular weight excluding hydrogens is 522 g/mol. The summed E-state index contributed by atoms with van der Waals surface area (Å²) in [6, 6.07) is 13.1. The molecule has 10 nitrogen and oxygen atoms in total. The minimum absolute atomic E-state index is 0.204. The number of carbonyl (C=O) groups is 2. The summed E-state index contributed by atoms with van der Waals surface area (Å²) in [4.78, 5) is 43.9. The first-order chi connectivity index (χ1) is 18.7. The third-order valence-electron chi connectivity index (χ3n) is 6.68. The largest absolute Gasteiger partial charge is 0.507 e. The number of fused-ring (bicyclic) bond motifs is 2. The number of thiazole rings is 1. The third-order valence-corrected chi connectivity index (χ3v) is 7.68. The van der Waals surface area contributed by atoms with E-state index in [4.69, 9.17) is 9.47 Å². The summed E-state index contributed by atoms with van der Waals surface area (Å²) >= 11 is 1.23. The summed E-state index contributed by atoms with van der Waals surface area (Å²) in [5.41, 5.74) is 2.72. The first-order valence-corrected chi connectivity index (χ1v) is 12.9. The first kappa shape index (κ1) is 24.6. The number of aryl methyl sites for hydroxylation is 2. The van der Waals surface area contributed by atoms with Gasteiger partial charge in [-0.25, -0.2) is 4.98 Å². The van der Waals surface area contributed by atoms with Gasteiger partial charge in [-0.15, -0.1) is 0 Å². The molecule has 2 aliphatic rings. The summed E-state index contributed by atoms with van der Waals surface area (Å²) < 4.78 is 12.0. The Morgan fingerprint density at radius 2 is 1.85 bits per heavy atom. The monoisotopic (exact) mass is 543 g/mol. The number of aliphatic hydroxyl groups is 1. The number of hydrogen-bond donors (Lipinski definition) is 1. The molecule has 1 amide bonds. The van der Waals surface area contributed by atoms with Gasteiger partial charge in [0.1, 0.15) is 19.0 Å². The molecule has 1 fully saturated rings. The maximum atomic E-state index is 13.5. The zero-order valence-electron chi connectivity index (χ0n) is 20.8. The number of non-ortho nitro benzene ring substituents is 1. The van der Waals surface area contributed by atoms with Crippen molar-refractivity contribution in [2.75, 3.05) is 18.1 Å². The highest BCUT2D eigenvalue weighted by Gasteiger charge is 2.48. The molecular formula is C28H21N3O7S. The van der Waals surface area contributed by atoms with Crippen molar-refractivity contribution in [3.05, 3.63) is 92.5 Å². The zero-order chi connectivity index (χ0) is 27.4. The Balaban J connectivity index is 1.57. The number of Topliss-reactive ketones (excluding diaryl/α,β-unsaturated/α-hetero) is 1. The van der Waals surface area contributed by atoms with E-state index in [-0.39, 0.29) is 27.5 Å². The smallest absolute Gasteiger partial charge is 0.301 e. The van der Waals surface area contributed by atoms with Gasteiger partial charge < -0.3 is 14.6 Å². The summed E-state index contributed by atoms with van der Waals surface area (Å²) in [7, 11) is 0. The van der Waals surface area contributed by atoms with Crippen molar-refractivity contribution in [3.8, 4) is 11.5 Å². The van der Waals surface area contributed by atoms with Crippen molar-refractivity contribution in [2.45, 2.75) is 19.9 Å². The van der Waals surface area contributed by atoms with Gasteiger partial charge in [-0.2, -0.15) is 0 Å². The van der Waals surface area contributed by atoms with Crippen LogP contribution in [0.1, 0.15) is 28.3 Å². The molecule has 1 N–H and O–H groups in total. The number of hydrogen-bond acceptors (Lipinski definition) is 9. The minimum Gasteiger partial charge on any atom is -0.507 e. The van der Waals surface area contributed by atoms with E-state index in [0.29, 0.717) is 30.2 Å². The molecule has 0 spiro atoms. The first-order valence-electron chi connectivity index (χ1n) is 12.1. The van der Waals surface area contributed by atoms with Crippen LogP contribution < -0.4 is 14.4 Å². The second-order valence-corrected chi connectivity index (χ2v) is 10.3. The second-order valence-electron chi connectivity index (χ2n) is 9.30. The van der Waals surface area contributed by atoms with E-state index in [1.54, 1.807) is 18.2 Å². The van der Waals surface area contributed by atoms with Gasteiger partial charge in [-0.3, -0.25) is 24.6 Å². The lowest BCUT2D eigenvalue weighted by Gasteiger charge is -2.23. The molecule has 1 saturated heterocycles. The summed E-state index contributed by atoms with van der Waals surface area (Å²) in [6.45, 7) is 4.57. The predicted octanol–water partition coefficient (Wildman–Crippen LogP) is 5.22. The van der Waals surface area contributed by atoms with E-state index >= 15 is 0 Å². The molecule has 0 bridgehead atoms. The van der Waals surface area contributed by atoms with Gasteiger partial charge in [0.25, 0.3) is 11.5 Å². The number of anilines is 1. The quantitative estimate of drug-likeness (QED) is 0.122. The van der Waals surface area contributed by atoms with Crippen LogP contribution in [0.15, 0.2) is 60.2 Å². The molecule has 4 aromatic rings. The number of nitro benzene ring substituents is 1. The van der Waals surface area contributed by atoms with Gasteiger partial charge in [0.2, 0.25) is 0 Å². The van der Waals surface area contributed by atoms with Gasteiger partial charge in [0.15, 0.2) is 16.6 Å². The van der Waals surface area contributed by atoms with Crippen molar-refractivity contribution in [3.63, 3.8) is 0 Å². The van der Waals surface area contributed by atoms with Crippen LogP contribution in [0.4, 0.5) is 10.8 Å². The maximum Gasteiger partial charge on any atom is 0.301 e. The number of nitro groups is 1. The minimum atomic E-state index is -1.15. The van der Waals surface area contributed by atoms with Crippen molar-refractivity contribution >= 4 is 49.8 Å². The van der Waals surface area contributed by atoms with E-state index in [0.717, 1.165) is 15.8 Å². The van der Waals surface area contributed by atoms with E-state index in [1.165, 1.54) is 40.5 Å². The number of carbonyl (C=O) groups excluding carboxylic acids is 2. The van der Waals surface area contributed by atoms with Crippen molar-refractivity contribution in [1.82, 2.24) is 4.98 Å². The predicted molar refractivity (Wildman–Crippen MR) is 144 cm³/mol. The van der Waals surface area contributed by atoms with Gasteiger partial charge in [-0.05, 0) is 54.8 Å². The fraction of sp³-hybridized carbons (Fsp3) is 0.179. The molecule has 1 aromatic heterocycles. The van der Waals surface area contributed by atoms with Crippen LogP contribution in [0, 0.1) is 24.0 Å². The molecule has 0 radical (unpaired) electrons. The number of amides is 1. The fourth-order valence-electron chi connectivity index (χ4n) is 4.96. The average molecular weight is 544 g/mol. The van der Waals surface area contributed by atoms with E-state index in [2.05, 4.69) is 4.98 Å². The summed E-state index contributed by atoms with van der Waals surface area (Å²) in [5, 5.41) is 23.3. The van der Waals surface area contributed by atoms with Crippen LogP contribution in [0.5, 0.6) is 11.5 Å². The molecule has 3 aromatic carbocycles. The third kappa shape index (κ3) is 4.07. The average Bonchev–Trinajstić information content (AvgIpc) is 3.46. The van der Waals surface area contributed by atoms with Crippen LogP contribution in [0.25, 0.3) is 16.0 Å². The lowest BCUT2D eigenvalue weighted by molar-refractivity contribution is -0.384. The van der Waals surface area contributed by atoms with Crippen LogP contribution in [0.3, 0.4) is 0 Å². The van der Waals surface area contributed by atoms with Gasteiger partial charge >= 0.3 is 5.91 Å². The Kier molecular flexibility index (Phi) is 5.80. The Morgan fingerprint density at radius 1 is 1.08 bits per heavy atom. The number of ether oxygens (including phenoxy) is 2. The topological polar surface area (TPSA) is 132 Å². The Morgan fingerprint density at radius 3 is 2.62 bits per heavy atom. The fourth-order valence-corrected chi connectivity index (χ4v) is 6.13. The van der Waals surface area contributed by atoms with Crippen LogP contribution in [0.2, 0.25) is 0 Å². The molecule has 0 aliphatic carbocycles. The summed E-state index contributed by atoms with van der Waals surface area (Å²) in [5.74, 6) is -1.36. The highest BCUT2D eigenvalue weighted by molar-refractivity contribution is 7.22. The number of benzene rings is 3. The SMILES string of the molecule is Cc1cc(C)c2nc(N3C(=O)C(=O)/C(=C(/O)c4ccc5c(c4)OCCO5)[C@H]3c3cccc([N+](=O)[O-])c3)sc2c1. The number of nitrogens with zero attached hydrogens (tertiary/aromatic N) is 3. The lowest BCUT2D eigenvalue weighted by Crippen LogP contribution is -2.29. The number of aliphatic hydroxyl groups excluding tert-OH is 1. The number of rotatable bonds is 4. The van der Waals surface area contributed by atoms with Crippen molar-refractivity contribution in [2.24, 2.45) is 0 Å². The molecule has 1 atom stereocenters. The molecule has 0 unspecified atom stereocenters. The molecule has 3 heterocycles.